The Balaban J connectivity index is 1.25. The maximum Gasteiger partial charge on any atom is 0.139 e. The number of carbonyl (C=O) groups is 1. The number of rotatable bonds is 6. The number of halogens is 2. The first kappa shape index (κ1) is 19.3. The van der Waals surface area contributed by atoms with Crippen molar-refractivity contribution in [3.05, 3.63) is 64.6 Å². The fourth-order valence-corrected chi connectivity index (χ4v) is 5.99. The summed E-state index contributed by atoms with van der Waals surface area (Å²) in [6, 6.07) is 12.4. The van der Waals surface area contributed by atoms with Gasteiger partial charge in [-0.05, 0) is 60.9 Å². The highest BCUT2D eigenvalue weighted by atomic mass is 35.5. The van der Waals surface area contributed by atoms with Crippen LogP contribution in [-0.4, -0.2) is 15.6 Å². The van der Waals surface area contributed by atoms with Crippen LogP contribution >= 0.6 is 11.6 Å². The summed E-state index contributed by atoms with van der Waals surface area (Å²) in [6.45, 7) is 2.65. The second-order valence-corrected chi connectivity index (χ2v) is 9.57. The Bertz CT molecular complexity index is 1180. The fraction of sp³-hybridized carbons (Fsp3) is 0.375. The van der Waals surface area contributed by atoms with Crippen molar-refractivity contribution in [1.29, 1.82) is 5.26 Å². The molecule has 152 valence electrons. The molecule has 3 saturated carbocycles. The summed E-state index contributed by atoms with van der Waals surface area (Å²) in [5.74, 6) is -0.359. The van der Waals surface area contributed by atoms with Crippen LogP contribution in [0.4, 0.5) is 4.39 Å². The zero-order valence-corrected chi connectivity index (χ0v) is 17.4. The minimum Gasteiger partial charge on any atom is -0.299 e. The van der Waals surface area contributed by atoms with Gasteiger partial charge in [-0.3, -0.25) is 9.48 Å². The molecule has 6 rings (SSSR count). The van der Waals surface area contributed by atoms with Crippen LogP contribution < -0.4 is 0 Å². The van der Waals surface area contributed by atoms with E-state index in [0.717, 1.165) is 36.7 Å². The third kappa shape index (κ3) is 2.86. The van der Waals surface area contributed by atoms with Crippen molar-refractivity contribution < 1.29 is 9.18 Å². The molecule has 1 heterocycles. The van der Waals surface area contributed by atoms with Crippen molar-refractivity contribution in [2.75, 3.05) is 0 Å². The Morgan fingerprint density at radius 2 is 2.10 bits per heavy atom. The van der Waals surface area contributed by atoms with E-state index in [-0.39, 0.29) is 28.3 Å². The molecule has 1 atom stereocenters. The molecule has 3 aliphatic carbocycles. The first-order valence-electron chi connectivity index (χ1n) is 10.2. The van der Waals surface area contributed by atoms with Crippen LogP contribution in [0.1, 0.15) is 49.7 Å². The van der Waals surface area contributed by atoms with Gasteiger partial charge in [0.05, 0.1) is 23.3 Å². The lowest BCUT2D eigenvalue weighted by atomic mass is 9.33. The topological polar surface area (TPSA) is 58.7 Å². The van der Waals surface area contributed by atoms with Gasteiger partial charge in [-0.15, -0.1) is 0 Å². The average molecular weight is 422 g/mol. The molecule has 30 heavy (non-hydrogen) atoms. The van der Waals surface area contributed by atoms with E-state index in [4.69, 9.17) is 16.9 Å². The zero-order valence-electron chi connectivity index (χ0n) is 16.7. The molecule has 0 radical (unpaired) electrons. The van der Waals surface area contributed by atoms with E-state index in [1.54, 1.807) is 18.3 Å². The lowest BCUT2D eigenvalue weighted by Gasteiger charge is -2.70. The second-order valence-electron chi connectivity index (χ2n) is 9.16. The maximum absolute atomic E-state index is 14.2. The van der Waals surface area contributed by atoms with Crippen molar-refractivity contribution >= 4 is 28.3 Å². The number of benzene rings is 2. The number of ketones is 1. The molecule has 0 spiro atoms. The second kappa shape index (κ2) is 6.65. The van der Waals surface area contributed by atoms with Gasteiger partial charge in [0.1, 0.15) is 11.6 Å². The Kier molecular flexibility index (Phi) is 4.27. The van der Waals surface area contributed by atoms with E-state index >= 15 is 0 Å². The van der Waals surface area contributed by atoms with Gasteiger partial charge in [0.2, 0.25) is 0 Å². The summed E-state index contributed by atoms with van der Waals surface area (Å²) in [5, 5.41) is 14.9. The van der Waals surface area contributed by atoms with Crippen LogP contribution in [0.15, 0.2) is 42.6 Å². The molecule has 2 aromatic carbocycles. The van der Waals surface area contributed by atoms with Crippen LogP contribution in [-0.2, 0) is 11.3 Å². The number of Topliss-reactive ketones (excluding diaryl/α,β-unsaturated/α-hetero) is 1. The third-order valence-electron chi connectivity index (χ3n) is 6.97. The molecule has 0 unspecified atom stereocenters. The Hall–Kier alpha value is -2.71. The smallest absolute Gasteiger partial charge is 0.139 e. The van der Waals surface area contributed by atoms with E-state index in [1.165, 1.54) is 6.07 Å². The summed E-state index contributed by atoms with van der Waals surface area (Å²) in [7, 11) is 0. The van der Waals surface area contributed by atoms with Gasteiger partial charge in [-0.1, -0.05) is 24.6 Å². The Morgan fingerprint density at radius 1 is 1.33 bits per heavy atom. The minimum absolute atomic E-state index is 0.126. The van der Waals surface area contributed by atoms with E-state index in [0.29, 0.717) is 22.6 Å². The minimum atomic E-state index is -0.345. The molecular formula is C24H21ClFN3O. The number of nitriles is 1. The first-order chi connectivity index (χ1) is 14.3. The van der Waals surface area contributed by atoms with Gasteiger partial charge in [0.15, 0.2) is 0 Å². The average Bonchev–Trinajstić information content (AvgIpc) is 3.04. The van der Waals surface area contributed by atoms with Gasteiger partial charge in [-0.2, -0.15) is 10.4 Å². The number of fused-ring (bicyclic) bond motifs is 1. The van der Waals surface area contributed by atoms with Crippen molar-refractivity contribution in [3.63, 3.8) is 0 Å². The van der Waals surface area contributed by atoms with Crippen LogP contribution in [0.25, 0.3) is 10.9 Å². The predicted molar refractivity (Wildman–Crippen MR) is 113 cm³/mol. The van der Waals surface area contributed by atoms with Crippen LogP contribution in [0.5, 0.6) is 0 Å². The number of aromatic nitrogens is 2. The van der Waals surface area contributed by atoms with Crippen LogP contribution in [0.3, 0.4) is 0 Å². The number of hydrogen-bond donors (Lipinski definition) is 0. The van der Waals surface area contributed by atoms with Crippen molar-refractivity contribution in [3.8, 4) is 6.07 Å². The highest BCUT2D eigenvalue weighted by Crippen LogP contribution is 2.74. The molecule has 1 aromatic heterocycles. The SMILES string of the molecule is C[C@H](CC(=O)C12CC(Cn3ncc4cc(C#N)ccc43)(C1)C2)c1c(F)cccc1Cl. The van der Waals surface area contributed by atoms with Crippen molar-refractivity contribution in [1.82, 2.24) is 9.78 Å². The highest BCUT2D eigenvalue weighted by Gasteiger charge is 2.70. The molecule has 0 N–H and O–H groups in total. The fourth-order valence-electron chi connectivity index (χ4n) is 5.64. The van der Waals surface area contributed by atoms with Crippen LogP contribution in [0, 0.1) is 28.0 Å². The third-order valence-corrected chi connectivity index (χ3v) is 7.30. The predicted octanol–water partition coefficient (Wildman–Crippen LogP) is 5.63. The normalized spacial score (nSPS) is 25.3. The molecule has 0 aliphatic heterocycles. The van der Waals surface area contributed by atoms with E-state index in [2.05, 4.69) is 11.2 Å². The van der Waals surface area contributed by atoms with Gasteiger partial charge in [0, 0.05) is 34.4 Å². The lowest BCUT2D eigenvalue weighted by Crippen LogP contribution is -2.66. The number of carbonyl (C=O) groups excluding carboxylic acids is 1. The molecule has 3 aromatic rings. The molecular weight excluding hydrogens is 401 g/mol. The number of hydrogen-bond acceptors (Lipinski definition) is 3. The summed E-state index contributed by atoms with van der Waals surface area (Å²) in [6.07, 6.45) is 4.72. The first-order valence-corrected chi connectivity index (χ1v) is 10.6. The zero-order chi connectivity index (χ0) is 21.1. The summed E-state index contributed by atoms with van der Waals surface area (Å²) >= 11 is 6.17. The van der Waals surface area contributed by atoms with Crippen molar-refractivity contribution in [2.45, 2.75) is 45.1 Å². The Morgan fingerprint density at radius 3 is 2.80 bits per heavy atom. The van der Waals surface area contributed by atoms with Gasteiger partial charge in [-0.25, -0.2) is 4.39 Å². The summed E-state index contributed by atoms with van der Waals surface area (Å²) in [5.41, 5.74) is 1.96. The summed E-state index contributed by atoms with van der Waals surface area (Å²) in [4.78, 5) is 13.0. The maximum atomic E-state index is 14.2. The van der Waals surface area contributed by atoms with Crippen LogP contribution in [0.2, 0.25) is 5.02 Å². The highest BCUT2D eigenvalue weighted by molar-refractivity contribution is 6.31. The quantitative estimate of drug-likeness (QED) is 0.518. The van der Waals surface area contributed by atoms with E-state index in [9.17, 15) is 9.18 Å². The molecule has 0 amide bonds. The molecule has 3 fully saturated rings. The molecule has 6 heteroatoms. The number of nitrogens with zero attached hydrogens (tertiary/aromatic N) is 3. The van der Waals surface area contributed by atoms with Gasteiger partial charge < -0.3 is 0 Å². The molecule has 4 nitrogen and oxygen atoms in total. The summed E-state index contributed by atoms with van der Waals surface area (Å²) < 4.78 is 16.2. The van der Waals surface area contributed by atoms with E-state index in [1.807, 2.05) is 29.8 Å². The largest absolute Gasteiger partial charge is 0.299 e. The molecule has 3 aliphatic rings. The van der Waals surface area contributed by atoms with E-state index < -0.39 is 0 Å². The van der Waals surface area contributed by atoms with Crippen molar-refractivity contribution in [2.24, 2.45) is 10.8 Å². The van der Waals surface area contributed by atoms with Gasteiger partial charge >= 0.3 is 0 Å². The molecule has 2 bridgehead atoms. The van der Waals surface area contributed by atoms with Gasteiger partial charge in [0.25, 0.3) is 0 Å². The molecule has 0 saturated heterocycles. The Labute approximate surface area is 179 Å². The monoisotopic (exact) mass is 421 g/mol. The standard InChI is InChI=1S/C24H21ClFN3O/c1-15(22-18(25)3-2-4-19(22)26)7-21(30)24-11-23(12-24,13-24)14-29-20-6-5-16(9-27)8-17(20)10-28-29/h2-6,8,10,15H,7,11-14H2,1H3/t15-,23?,24?/m1/s1. The lowest BCUT2D eigenvalue weighted by molar-refractivity contribution is -0.211.